The van der Waals surface area contributed by atoms with Gasteiger partial charge in [0.1, 0.15) is 6.10 Å². The molecule has 2 aliphatic rings. The molecule has 1 saturated heterocycles. The summed E-state index contributed by atoms with van der Waals surface area (Å²) in [4.78, 5) is 25.6. The van der Waals surface area contributed by atoms with Crippen LogP contribution in [0.15, 0.2) is 4.79 Å². The Morgan fingerprint density at radius 2 is 2.21 bits per heavy atom. The van der Waals surface area contributed by atoms with Crippen molar-refractivity contribution >= 4 is 5.91 Å². The molecule has 2 aliphatic heterocycles. The first kappa shape index (κ1) is 12.4. The van der Waals surface area contributed by atoms with Crippen molar-refractivity contribution in [3.63, 3.8) is 0 Å². The molecule has 0 saturated carbocycles. The number of hydrogen-bond acceptors (Lipinski definition) is 4. The first-order valence-corrected chi connectivity index (χ1v) is 6.64. The predicted octanol–water partition coefficient (Wildman–Crippen LogP) is -0.273. The molecule has 7 heteroatoms. The maximum Gasteiger partial charge on any atom is 0.343 e. The molecule has 3 atom stereocenters. The normalized spacial score (nSPS) is 30.4. The van der Waals surface area contributed by atoms with E-state index in [0.29, 0.717) is 25.5 Å². The number of carbonyl (C=O) groups is 1. The van der Waals surface area contributed by atoms with Crippen molar-refractivity contribution in [2.45, 2.75) is 45.6 Å². The Balaban J connectivity index is 1.74. The van der Waals surface area contributed by atoms with E-state index in [1.54, 1.807) is 9.47 Å². The third-order valence-electron chi connectivity index (χ3n) is 3.92. The average Bonchev–Trinajstić information content (AvgIpc) is 2.92. The number of nitrogens with one attached hydrogen (secondary N) is 1. The molecule has 0 radical (unpaired) electrons. The number of rotatable bonds is 1. The van der Waals surface area contributed by atoms with E-state index in [9.17, 15) is 9.59 Å². The molecule has 7 nitrogen and oxygen atoms in total. The third-order valence-corrected chi connectivity index (χ3v) is 3.92. The van der Waals surface area contributed by atoms with Gasteiger partial charge in [-0.25, -0.2) is 9.89 Å². The largest absolute Gasteiger partial charge is 0.365 e. The lowest BCUT2D eigenvalue weighted by atomic mass is 10.0. The second-order valence-corrected chi connectivity index (χ2v) is 5.44. The molecule has 19 heavy (non-hydrogen) atoms. The SMILES string of the molecule is CC1CC(C)C(C(=O)N2CCn3c(n[nH]c3=O)C2)O1. The summed E-state index contributed by atoms with van der Waals surface area (Å²) in [5.74, 6) is 0.868. The highest BCUT2D eigenvalue weighted by Crippen LogP contribution is 2.27. The van der Waals surface area contributed by atoms with Crippen molar-refractivity contribution in [3.05, 3.63) is 16.3 Å². The molecule has 0 spiro atoms. The summed E-state index contributed by atoms with van der Waals surface area (Å²) < 4.78 is 7.27. The first-order valence-electron chi connectivity index (χ1n) is 6.64. The fourth-order valence-corrected chi connectivity index (χ4v) is 2.93. The van der Waals surface area contributed by atoms with Crippen LogP contribution in [-0.2, 0) is 22.6 Å². The van der Waals surface area contributed by atoms with Gasteiger partial charge in [-0.15, -0.1) is 0 Å². The number of aromatic amines is 1. The maximum absolute atomic E-state index is 12.4. The highest BCUT2D eigenvalue weighted by Gasteiger charge is 2.38. The molecule has 0 aromatic carbocycles. The van der Waals surface area contributed by atoms with Crippen molar-refractivity contribution in [3.8, 4) is 0 Å². The minimum atomic E-state index is -0.354. The van der Waals surface area contributed by atoms with Gasteiger partial charge in [0.05, 0.1) is 12.6 Å². The van der Waals surface area contributed by atoms with Gasteiger partial charge in [-0.3, -0.25) is 9.36 Å². The van der Waals surface area contributed by atoms with Gasteiger partial charge in [0.25, 0.3) is 5.91 Å². The van der Waals surface area contributed by atoms with Gasteiger partial charge < -0.3 is 9.64 Å². The molecule has 1 N–H and O–H groups in total. The summed E-state index contributed by atoms with van der Waals surface area (Å²) in [6.07, 6.45) is 0.696. The number of fused-ring (bicyclic) bond motifs is 1. The van der Waals surface area contributed by atoms with Gasteiger partial charge in [-0.05, 0) is 19.3 Å². The van der Waals surface area contributed by atoms with Crippen molar-refractivity contribution < 1.29 is 9.53 Å². The standard InChI is InChI=1S/C12H18N4O3/c1-7-5-8(2)19-10(7)11(17)15-3-4-16-9(6-15)13-14-12(16)18/h7-8,10H,3-6H2,1-2H3,(H,14,18). The highest BCUT2D eigenvalue weighted by molar-refractivity contribution is 5.81. The monoisotopic (exact) mass is 266 g/mol. The van der Waals surface area contributed by atoms with E-state index in [4.69, 9.17) is 4.74 Å². The van der Waals surface area contributed by atoms with Crippen LogP contribution in [0.5, 0.6) is 0 Å². The molecule has 3 rings (SSSR count). The summed E-state index contributed by atoms with van der Waals surface area (Å²) >= 11 is 0. The molecule has 1 fully saturated rings. The second kappa shape index (κ2) is 4.48. The molecular formula is C12H18N4O3. The van der Waals surface area contributed by atoms with Gasteiger partial charge in [-0.1, -0.05) is 6.92 Å². The van der Waals surface area contributed by atoms with Crippen molar-refractivity contribution in [2.75, 3.05) is 6.54 Å². The van der Waals surface area contributed by atoms with Gasteiger partial charge in [0.2, 0.25) is 0 Å². The molecule has 3 unspecified atom stereocenters. The fraction of sp³-hybridized carbons (Fsp3) is 0.750. The average molecular weight is 266 g/mol. The Kier molecular flexibility index (Phi) is 2.93. The number of H-pyrrole nitrogens is 1. The van der Waals surface area contributed by atoms with Gasteiger partial charge in [-0.2, -0.15) is 5.10 Å². The number of carbonyl (C=O) groups excluding carboxylic acids is 1. The fourth-order valence-electron chi connectivity index (χ4n) is 2.93. The summed E-state index contributed by atoms with van der Waals surface area (Å²) in [6.45, 7) is 5.43. The van der Waals surface area contributed by atoms with Crippen LogP contribution in [0.2, 0.25) is 0 Å². The first-order chi connectivity index (χ1) is 9.06. The topological polar surface area (TPSA) is 80.2 Å². The lowest BCUT2D eigenvalue weighted by molar-refractivity contribution is -0.145. The predicted molar refractivity (Wildman–Crippen MR) is 66.4 cm³/mol. The van der Waals surface area contributed by atoms with E-state index in [1.807, 2.05) is 13.8 Å². The zero-order valence-electron chi connectivity index (χ0n) is 11.1. The van der Waals surface area contributed by atoms with Crippen LogP contribution in [0.3, 0.4) is 0 Å². The molecule has 1 aromatic rings. The minimum absolute atomic E-state index is 0.0125. The quantitative estimate of drug-likeness (QED) is 0.758. The Morgan fingerprint density at radius 1 is 1.42 bits per heavy atom. The number of hydrogen-bond donors (Lipinski definition) is 1. The zero-order chi connectivity index (χ0) is 13.6. The summed E-state index contributed by atoms with van der Waals surface area (Å²) in [6, 6.07) is 0. The molecule has 1 aromatic heterocycles. The number of nitrogens with zero attached hydrogens (tertiary/aromatic N) is 3. The zero-order valence-corrected chi connectivity index (χ0v) is 11.1. The molecular weight excluding hydrogens is 248 g/mol. The van der Waals surface area contributed by atoms with Crippen LogP contribution >= 0.6 is 0 Å². The van der Waals surface area contributed by atoms with Crippen LogP contribution < -0.4 is 5.69 Å². The number of aromatic nitrogens is 3. The van der Waals surface area contributed by atoms with Gasteiger partial charge in [0.15, 0.2) is 5.82 Å². The molecule has 104 valence electrons. The van der Waals surface area contributed by atoms with E-state index in [1.165, 1.54) is 0 Å². The van der Waals surface area contributed by atoms with Crippen LogP contribution in [-0.4, -0.2) is 44.3 Å². The molecule has 0 aliphatic carbocycles. The third kappa shape index (κ3) is 2.07. The lowest BCUT2D eigenvalue weighted by Gasteiger charge is -2.29. The molecule has 1 amide bonds. The Hall–Kier alpha value is -1.63. The van der Waals surface area contributed by atoms with E-state index in [2.05, 4.69) is 10.2 Å². The smallest absolute Gasteiger partial charge is 0.343 e. The Bertz CT molecular complexity index is 549. The lowest BCUT2D eigenvalue weighted by Crippen LogP contribution is -2.46. The highest BCUT2D eigenvalue weighted by atomic mass is 16.5. The van der Waals surface area contributed by atoms with Crippen LogP contribution in [0.1, 0.15) is 26.1 Å². The Morgan fingerprint density at radius 3 is 2.89 bits per heavy atom. The molecule has 0 bridgehead atoms. The maximum atomic E-state index is 12.4. The van der Waals surface area contributed by atoms with E-state index in [-0.39, 0.29) is 29.7 Å². The van der Waals surface area contributed by atoms with Crippen LogP contribution in [0.4, 0.5) is 0 Å². The van der Waals surface area contributed by atoms with E-state index < -0.39 is 0 Å². The number of amides is 1. The van der Waals surface area contributed by atoms with E-state index in [0.717, 1.165) is 6.42 Å². The van der Waals surface area contributed by atoms with Crippen LogP contribution in [0, 0.1) is 5.92 Å². The Labute approximate surface area is 110 Å². The van der Waals surface area contributed by atoms with Crippen molar-refractivity contribution in [2.24, 2.45) is 5.92 Å². The summed E-state index contributed by atoms with van der Waals surface area (Å²) in [7, 11) is 0. The van der Waals surface area contributed by atoms with Crippen LogP contribution in [0.25, 0.3) is 0 Å². The van der Waals surface area contributed by atoms with Crippen molar-refractivity contribution in [1.82, 2.24) is 19.7 Å². The summed E-state index contributed by atoms with van der Waals surface area (Å²) in [5, 5.41) is 6.35. The summed E-state index contributed by atoms with van der Waals surface area (Å²) in [5.41, 5.74) is -0.207. The van der Waals surface area contributed by atoms with E-state index >= 15 is 0 Å². The second-order valence-electron chi connectivity index (χ2n) is 5.44. The molecule has 3 heterocycles. The van der Waals surface area contributed by atoms with Gasteiger partial charge >= 0.3 is 5.69 Å². The van der Waals surface area contributed by atoms with Gasteiger partial charge in [0, 0.05) is 13.1 Å². The van der Waals surface area contributed by atoms with Crippen molar-refractivity contribution in [1.29, 1.82) is 0 Å². The number of ether oxygens (including phenoxy) is 1. The minimum Gasteiger partial charge on any atom is -0.365 e.